The van der Waals surface area contributed by atoms with Crippen LogP contribution in [-0.4, -0.2) is 17.0 Å². The molecule has 0 bridgehead atoms. The average molecular weight is 457 g/mol. The number of oxime groups is 1. The zero-order chi connectivity index (χ0) is 23.2. The first kappa shape index (κ1) is 22.9. The summed E-state index contributed by atoms with van der Waals surface area (Å²) < 4.78 is 121. The maximum Gasteiger partial charge on any atom is 0.435 e. The molecule has 0 saturated heterocycles. The minimum absolute atomic E-state index is 0.0178. The fourth-order valence-corrected chi connectivity index (χ4v) is 3.05. The zero-order valence-electron chi connectivity index (χ0n) is 15.2. The van der Waals surface area contributed by atoms with Gasteiger partial charge in [0.05, 0.1) is 23.4 Å². The van der Waals surface area contributed by atoms with Crippen molar-refractivity contribution in [3.63, 3.8) is 0 Å². The molecular formula is C19H12F9NO2. The molecule has 0 fully saturated rings. The van der Waals surface area contributed by atoms with Crippen molar-refractivity contribution in [2.45, 2.75) is 37.2 Å². The van der Waals surface area contributed by atoms with Gasteiger partial charge in [0.2, 0.25) is 0 Å². The summed E-state index contributed by atoms with van der Waals surface area (Å²) in [6, 6.07) is 5.04. The van der Waals surface area contributed by atoms with Crippen molar-refractivity contribution < 1.29 is 49.5 Å². The highest BCUT2D eigenvalue weighted by molar-refractivity contribution is 6.01. The molecule has 0 aromatic heterocycles. The summed E-state index contributed by atoms with van der Waals surface area (Å²) in [5, 5.41) is 12.3. The topological polar surface area (TPSA) is 41.8 Å². The third-order valence-corrected chi connectivity index (χ3v) is 4.71. The van der Waals surface area contributed by atoms with Crippen molar-refractivity contribution in [2.24, 2.45) is 5.16 Å². The molecule has 1 aliphatic rings. The Morgan fingerprint density at radius 2 is 1.35 bits per heavy atom. The number of rotatable bonds is 3. The maximum absolute atomic E-state index is 14.0. The second-order valence-corrected chi connectivity index (χ2v) is 6.78. The van der Waals surface area contributed by atoms with Crippen LogP contribution in [0.1, 0.15) is 34.2 Å². The molecule has 2 aromatic carbocycles. The van der Waals surface area contributed by atoms with E-state index in [9.17, 15) is 39.5 Å². The van der Waals surface area contributed by atoms with Crippen LogP contribution in [0.4, 0.5) is 39.5 Å². The second-order valence-electron chi connectivity index (χ2n) is 6.78. The van der Waals surface area contributed by atoms with Crippen LogP contribution in [0.5, 0.6) is 0 Å². The molecule has 3 nitrogen and oxygen atoms in total. The first-order valence-corrected chi connectivity index (χ1v) is 8.49. The first-order chi connectivity index (χ1) is 14.2. The number of aliphatic hydroxyl groups is 1. The molecule has 3 rings (SSSR count). The van der Waals surface area contributed by atoms with Crippen molar-refractivity contribution in [3.8, 4) is 0 Å². The Morgan fingerprint density at radius 3 is 1.77 bits per heavy atom. The largest absolute Gasteiger partial charge is 0.435 e. The number of hydrogen-bond donors (Lipinski definition) is 1. The van der Waals surface area contributed by atoms with Gasteiger partial charge in [-0.05, 0) is 29.3 Å². The standard InChI is InChI=1S/C19H12F9NO2/c20-17(21,22)13-5-12(6-14(7-13)18(23,24)25)16(19(26,27)28)8-15(29-31-16)11-3-1-10(9-30)2-4-11/h1-7,30H,8-9H2. The molecule has 0 spiro atoms. The summed E-state index contributed by atoms with van der Waals surface area (Å²) in [7, 11) is 0. The van der Waals surface area contributed by atoms with Gasteiger partial charge in [0.15, 0.2) is 0 Å². The van der Waals surface area contributed by atoms with Gasteiger partial charge in [-0.3, -0.25) is 0 Å². The summed E-state index contributed by atoms with van der Waals surface area (Å²) in [5.41, 5.74) is -8.50. The minimum atomic E-state index is -5.39. The minimum Gasteiger partial charge on any atom is -0.392 e. The van der Waals surface area contributed by atoms with Gasteiger partial charge < -0.3 is 9.94 Å². The van der Waals surface area contributed by atoms with E-state index in [1.54, 1.807) is 0 Å². The van der Waals surface area contributed by atoms with Crippen molar-refractivity contribution in [2.75, 3.05) is 0 Å². The second kappa shape index (κ2) is 7.43. The van der Waals surface area contributed by atoms with E-state index < -0.39 is 47.2 Å². The van der Waals surface area contributed by atoms with Gasteiger partial charge in [-0.25, -0.2) is 0 Å². The van der Waals surface area contributed by atoms with Crippen LogP contribution in [0.25, 0.3) is 0 Å². The van der Waals surface area contributed by atoms with Crippen molar-refractivity contribution in [1.29, 1.82) is 0 Å². The van der Waals surface area contributed by atoms with E-state index in [2.05, 4.69) is 9.99 Å². The molecule has 0 amide bonds. The van der Waals surface area contributed by atoms with Gasteiger partial charge in [-0.1, -0.05) is 29.4 Å². The van der Waals surface area contributed by atoms with Gasteiger partial charge in [0.25, 0.3) is 5.60 Å². The van der Waals surface area contributed by atoms with Crippen LogP contribution >= 0.6 is 0 Å². The van der Waals surface area contributed by atoms with Crippen LogP contribution in [0, 0.1) is 0 Å². The fourth-order valence-electron chi connectivity index (χ4n) is 3.05. The predicted octanol–water partition coefficient (Wildman–Crippen LogP) is 5.80. The van der Waals surface area contributed by atoms with Crippen molar-refractivity contribution >= 4 is 5.71 Å². The van der Waals surface area contributed by atoms with Gasteiger partial charge >= 0.3 is 18.5 Å². The lowest BCUT2D eigenvalue weighted by Crippen LogP contribution is -2.43. The number of benzene rings is 2. The lowest BCUT2D eigenvalue weighted by atomic mass is 9.84. The summed E-state index contributed by atoms with van der Waals surface area (Å²) in [6.45, 7) is -0.347. The van der Waals surface area contributed by atoms with E-state index in [1.165, 1.54) is 24.3 Å². The molecule has 12 heteroatoms. The summed E-state index contributed by atoms with van der Waals surface area (Å²) >= 11 is 0. The Kier molecular flexibility index (Phi) is 5.49. The quantitative estimate of drug-likeness (QED) is 0.593. The number of halogens is 9. The molecule has 0 saturated carbocycles. The molecular weight excluding hydrogens is 445 g/mol. The smallest absolute Gasteiger partial charge is 0.392 e. The molecule has 1 unspecified atom stereocenters. The molecule has 1 N–H and O–H groups in total. The number of nitrogens with zero attached hydrogens (tertiary/aromatic N) is 1. The maximum atomic E-state index is 14.0. The van der Waals surface area contributed by atoms with E-state index in [1.807, 2.05) is 0 Å². The summed E-state index contributed by atoms with van der Waals surface area (Å²) in [5.74, 6) is 0. The lowest BCUT2D eigenvalue weighted by Gasteiger charge is -2.30. The van der Waals surface area contributed by atoms with E-state index in [-0.39, 0.29) is 36.1 Å². The van der Waals surface area contributed by atoms with Crippen LogP contribution < -0.4 is 0 Å². The van der Waals surface area contributed by atoms with Crippen molar-refractivity contribution in [1.82, 2.24) is 0 Å². The lowest BCUT2D eigenvalue weighted by molar-refractivity contribution is -0.276. The highest BCUT2D eigenvalue weighted by atomic mass is 19.4. The fraction of sp³-hybridized carbons (Fsp3) is 0.316. The van der Waals surface area contributed by atoms with Crippen LogP contribution in [0.15, 0.2) is 47.6 Å². The van der Waals surface area contributed by atoms with Gasteiger partial charge in [-0.2, -0.15) is 39.5 Å². The molecule has 0 aliphatic carbocycles. The van der Waals surface area contributed by atoms with E-state index in [4.69, 9.17) is 5.11 Å². The molecule has 1 heterocycles. The Morgan fingerprint density at radius 1 is 0.839 bits per heavy atom. The van der Waals surface area contributed by atoms with Crippen LogP contribution in [0.2, 0.25) is 0 Å². The third kappa shape index (κ3) is 4.34. The van der Waals surface area contributed by atoms with Crippen LogP contribution in [0.3, 0.4) is 0 Å². The van der Waals surface area contributed by atoms with Gasteiger partial charge in [-0.15, -0.1) is 0 Å². The molecule has 31 heavy (non-hydrogen) atoms. The number of hydrogen-bond acceptors (Lipinski definition) is 3. The summed E-state index contributed by atoms with van der Waals surface area (Å²) in [6.07, 6.45) is -17.2. The van der Waals surface area contributed by atoms with Crippen LogP contribution in [-0.2, 0) is 29.4 Å². The van der Waals surface area contributed by atoms with Gasteiger partial charge in [0, 0.05) is 12.0 Å². The third-order valence-electron chi connectivity index (χ3n) is 4.71. The van der Waals surface area contributed by atoms with Gasteiger partial charge in [0.1, 0.15) is 0 Å². The normalized spacial score (nSPS) is 19.9. The monoisotopic (exact) mass is 457 g/mol. The molecule has 2 aromatic rings. The first-order valence-electron chi connectivity index (χ1n) is 8.49. The number of aliphatic hydroxyl groups excluding tert-OH is 1. The Balaban J connectivity index is 2.12. The van der Waals surface area contributed by atoms with E-state index >= 15 is 0 Å². The highest BCUT2D eigenvalue weighted by Crippen LogP contribution is 2.50. The molecule has 168 valence electrons. The summed E-state index contributed by atoms with van der Waals surface area (Å²) in [4.78, 5) is 4.53. The Bertz CT molecular complexity index is 959. The Labute approximate surface area is 168 Å². The SMILES string of the molecule is OCc1ccc(C2=NOC(c3cc(C(F)(F)F)cc(C(F)(F)F)c3)(C(F)(F)F)C2)cc1. The molecule has 1 aliphatic heterocycles. The highest BCUT2D eigenvalue weighted by Gasteiger charge is 2.63. The molecule has 1 atom stereocenters. The van der Waals surface area contributed by atoms with Crippen molar-refractivity contribution in [3.05, 3.63) is 70.3 Å². The number of alkyl halides is 9. The average Bonchev–Trinajstić information content (AvgIpc) is 3.13. The van der Waals surface area contributed by atoms with E-state index in [0.717, 1.165) is 0 Å². The predicted molar refractivity (Wildman–Crippen MR) is 88.8 cm³/mol. The van der Waals surface area contributed by atoms with E-state index in [0.29, 0.717) is 5.56 Å². The zero-order valence-corrected chi connectivity index (χ0v) is 15.2. The molecule has 0 radical (unpaired) electrons. The Hall–Kier alpha value is -2.76.